The van der Waals surface area contributed by atoms with Gasteiger partial charge >= 0.3 is 5.97 Å². The predicted molar refractivity (Wildman–Crippen MR) is 136 cm³/mol. The Labute approximate surface area is 213 Å². The number of hydrogen-bond acceptors (Lipinski definition) is 8. The maximum atomic E-state index is 13.4. The van der Waals surface area contributed by atoms with Crippen molar-refractivity contribution < 1.29 is 23.6 Å². The number of unbranched alkanes of at least 4 members (excludes halogenated alkanes) is 1. The van der Waals surface area contributed by atoms with E-state index in [0.29, 0.717) is 54.7 Å². The lowest BCUT2D eigenvalue weighted by molar-refractivity contribution is -0.137. The largest absolute Gasteiger partial charge is 0.486 e. The molecule has 4 aromatic rings. The van der Waals surface area contributed by atoms with E-state index < -0.39 is 18.7 Å². The topological polar surface area (TPSA) is 123 Å². The van der Waals surface area contributed by atoms with Crippen molar-refractivity contribution in [3.8, 4) is 28.5 Å². The molecular weight excluding hydrogens is 477 g/mol. The molecule has 0 aliphatic rings. The number of aliphatic carboxylic acids is 1. The Morgan fingerprint density at radius 1 is 1.11 bits per heavy atom. The van der Waals surface area contributed by atoms with E-state index in [0.717, 1.165) is 16.8 Å². The van der Waals surface area contributed by atoms with E-state index in [4.69, 9.17) is 14.4 Å². The molecule has 3 aromatic heterocycles. The van der Waals surface area contributed by atoms with Gasteiger partial charge in [-0.15, -0.1) is 0 Å². The number of aryl methyl sites for hydroxylation is 1. The highest BCUT2D eigenvalue weighted by Gasteiger charge is 2.18. The van der Waals surface area contributed by atoms with Crippen LogP contribution in [0.25, 0.3) is 22.7 Å². The van der Waals surface area contributed by atoms with Crippen molar-refractivity contribution in [3.63, 3.8) is 0 Å². The van der Waals surface area contributed by atoms with Crippen molar-refractivity contribution in [3.05, 3.63) is 72.2 Å². The Hall–Kier alpha value is -4.34. The van der Waals surface area contributed by atoms with Gasteiger partial charge in [-0.25, -0.2) is 19.3 Å². The van der Waals surface area contributed by atoms with E-state index in [2.05, 4.69) is 25.4 Å². The van der Waals surface area contributed by atoms with Gasteiger partial charge in [0.25, 0.3) is 0 Å². The average Bonchev–Trinajstić information content (AvgIpc) is 3.30. The van der Waals surface area contributed by atoms with Crippen LogP contribution in [0, 0.1) is 6.92 Å². The number of hydrogen-bond donors (Lipinski definition) is 2. The highest BCUT2D eigenvalue weighted by molar-refractivity contribution is 5.66. The fraction of sp³-hybridized carbons (Fsp3) is 0.296. The highest BCUT2D eigenvalue weighted by Crippen LogP contribution is 2.27. The molecule has 0 amide bonds. The number of benzene rings is 1. The molecule has 4 rings (SSSR count). The number of alkyl halides is 1. The standard InChI is InChI=1S/C27H28FN5O4/c1-18-22(17-31-27-29-14-13-23(32-27)19-7-3-2-4-8-19)26(37-33-18)24-12-11-21(16-30-24)36-20(15-28)9-5-6-10-25(34)35/h2-4,7-8,11-14,16,20H,5-6,9-10,15,17H2,1H3,(H,34,35)(H,29,31,32)/t20-/m0/s1. The second kappa shape index (κ2) is 12.6. The summed E-state index contributed by atoms with van der Waals surface area (Å²) in [4.78, 5) is 23.9. The van der Waals surface area contributed by atoms with Crippen LogP contribution >= 0.6 is 0 Å². The average molecular weight is 506 g/mol. The second-order valence-electron chi connectivity index (χ2n) is 8.47. The summed E-state index contributed by atoms with van der Waals surface area (Å²) < 4.78 is 24.6. The third-order valence-corrected chi connectivity index (χ3v) is 5.74. The summed E-state index contributed by atoms with van der Waals surface area (Å²) in [6.45, 7) is 1.56. The van der Waals surface area contributed by atoms with Crippen molar-refractivity contribution in [2.45, 2.75) is 45.3 Å². The van der Waals surface area contributed by atoms with E-state index in [-0.39, 0.29) is 6.42 Å². The minimum atomic E-state index is -0.858. The molecule has 0 saturated heterocycles. The predicted octanol–water partition coefficient (Wildman–Crippen LogP) is 5.48. The molecule has 0 radical (unpaired) electrons. The first-order chi connectivity index (χ1) is 18.0. The summed E-state index contributed by atoms with van der Waals surface area (Å²) >= 11 is 0. The van der Waals surface area contributed by atoms with Gasteiger partial charge in [0.05, 0.1) is 17.6 Å². The molecule has 10 heteroatoms. The molecular formula is C27H28FN5O4. The van der Waals surface area contributed by atoms with Crippen molar-refractivity contribution in [1.29, 1.82) is 0 Å². The molecule has 1 aromatic carbocycles. The van der Waals surface area contributed by atoms with E-state index in [1.807, 2.05) is 43.3 Å². The van der Waals surface area contributed by atoms with Crippen LogP contribution in [0.4, 0.5) is 10.3 Å². The van der Waals surface area contributed by atoms with Crippen LogP contribution in [-0.4, -0.2) is 44.0 Å². The van der Waals surface area contributed by atoms with E-state index in [1.54, 1.807) is 18.3 Å². The Kier molecular flexibility index (Phi) is 8.75. The summed E-state index contributed by atoms with van der Waals surface area (Å²) in [6, 6.07) is 15.1. The van der Waals surface area contributed by atoms with Gasteiger partial charge in [-0.05, 0) is 44.4 Å². The molecule has 3 heterocycles. The number of carboxylic acid groups (broad SMARTS) is 1. The minimum absolute atomic E-state index is 0.0631. The van der Waals surface area contributed by atoms with Crippen LogP contribution in [0.15, 0.2) is 65.4 Å². The summed E-state index contributed by atoms with van der Waals surface area (Å²) in [5.41, 5.74) is 3.89. The number of nitrogens with one attached hydrogen (secondary N) is 1. The SMILES string of the molecule is Cc1noc(-c2ccc(O[C@H](CF)CCCCC(=O)O)cn2)c1CNc1nccc(-c2ccccc2)n1. The first kappa shape index (κ1) is 25.7. The summed E-state index contributed by atoms with van der Waals surface area (Å²) in [6.07, 6.45) is 4.10. The zero-order chi connectivity index (χ0) is 26.0. The minimum Gasteiger partial charge on any atom is -0.486 e. The van der Waals surface area contributed by atoms with Crippen LogP contribution in [0.5, 0.6) is 5.75 Å². The zero-order valence-corrected chi connectivity index (χ0v) is 20.4. The molecule has 0 bridgehead atoms. The molecule has 0 fully saturated rings. The lowest BCUT2D eigenvalue weighted by atomic mass is 10.1. The molecule has 0 unspecified atom stereocenters. The van der Waals surface area contributed by atoms with Crippen molar-refractivity contribution in [2.75, 3.05) is 12.0 Å². The van der Waals surface area contributed by atoms with Crippen molar-refractivity contribution in [2.24, 2.45) is 0 Å². The molecule has 2 N–H and O–H groups in total. The number of carboxylic acids is 1. The van der Waals surface area contributed by atoms with Gasteiger partial charge in [-0.2, -0.15) is 0 Å². The Morgan fingerprint density at radius 3 is 2.68 bits per heavy atom. The second-order valence-corrected chi connectivity index (χ2v) is 8.47. The summed E-state index contributed by atoms with van der Waals surface area (Å²) in [5.74, 6) is 0.548. The molecule has 192 valence electrons. The fourth-order valence-electron chi connectivity index (χ4n) is 3.77. The van der Waals surface area contributed by atoms with Gasteiger partial charge < -0.3 is 19.7 Å². The van der Waals surface area contributed by atoms with Gasteiger partial charge in [0.2, 0.25) is 5.95 Å². The van der Waals surface area contributed by atoms with Gasteiger partial charge in [0, 0.05) is 30.3 Å². The van der Waals surface area contributed by atoms with Crippen LogP contribution in [0.1, 0.15) is 36.9 Å². The van der Waals surface area contributed by atoms with Gasteiger partial charge in [-0.3, -0.25) is 4.79 Å². The zero-order valence-electron chi connectivity index (χ0n) is 20.4. The van der Waals surface area contributed by atoms with Crippen LogP contribution in [0.2, 0.25) is 0 Å². The first-order valence-electron chi connectivity index (χ1n) is 12.0. The number of pyridine rings is 1. The van der Waals surface area contributed by atoms with E-state index >= 15 is 0 Å². The maximum absolute atomic E-state index is 13.4. The third-order valence-electron chi connectivity index (χ3n) is 5.74. The quantitative estimate of drug-likeness (QED) is 0.227. The molecule has 0 spiro atoms. The number of carbonyl (C=O) groups is 1. The van der Waals surface area contributed by atoms with Crippen LogP contribution in [-0.2, 0) is 11.3 Å². The smallest absolute Gasteiger partial charge is 0.303 e. The Bertz CT molecular complexity index is 1300. The summed E-state index contributed by atoms with van der Waals surface area (Å²) in [5, 5.41) is 16.0. The molecule has 37 heavy (non-hydrogen) atoms. The molecule has 0 aliphatic carbocycles. The number of rotatable bonds is 13. The molecule has 1 atom stereocenters. The first-order valence-corrected chi connectivity index (χ1v) is 12.0. The summed E-state index contributed by atoms with van der Waals surface area (Å²) in [7, 11) is 0. The Balaban J connectivity index is 1.39. The van der Waals surface area contributed by atoms with Gasteiger partial charge in [0.1, 0.15) is 24.2 Å². The highest BCUT2D eigenvalue weighted by atomic mass is 19.1. The lowest BCUT2D eigenvalue weighted by Gasteiger charge is -2.15. The third kappa shape index (κ3) is 7.09. The maximum Gasteiger partial charge on any atom is 0.303 e. The normalized spacial score (nSPS) is 11.7. The number of nitrogens with zero attached hydrogens (tertiary/aromatic N) is 4. The number of ether oxygens (including phenoxy) is 1. The fourth-order valence-corrected chi connectivity index (χ4v) is 3.77. The van der Waals surface area contributed by atoms with Crippen LogP contribution in [0.3, 0.4) is 0 Å². The van der Waals surface area contributed by atoms with Crippen LogP contribution < -0.4 is 10.1 Å². The lowest BCUT2D eigenvalue weighted by Crippen LogP contribution is -2.19. The number of halogens is 1. The number of anilines is 1. The monoisotopic (exact) mass is 505 g/mol. The van der Waals surface area contributed by atoms with E-state index in [9.17, 15) is 9.18 Å². The van der Waals surface area contributed by atoms with Crippen molar-refractivity contribution in [1.82, 2.24) is 20.1 Å². The van der Waals surface area contributed by atoms with Gasteiger partial charge in [0.15, 0.2) is 5.76 Å². The van der Waals surface area contributed by atoms with Crippen molar-refractivity contribution >= 4 is 11.9 Å². The van der Waals surface area contributed by atoms with E-state index in [1.165, 1.54) is 6.20 Å². The molecule has 9 nitrogen and oxygen atoms in total. The number of aromatic nitrogens is 4. The van der Waals surface area contributed by atoms with Gasteiger partial charge in [-0.1, -0.05) is 35.5 Å². The Morgan fingerprint density at radius 2 is 1.95 bits per heavy atom. The molecule has 0 aliphatic heterocycles. The molecule has 0 saturated carbocycles.